The van der Waals surface area contributed by atoms with Gasteiger partial charge in [-0.1, -0.05) is 20.8 Å². The van der Waals surface area contributed by atoms with Crippen LogP contribution in [0, 0.1) is 0 Å². The summed E-state index contributed by atoms with van der Waals surface area (Å²) >= 11 is 2.04. The lowest BCUT2D eigenvalue weighted by Crippen LogP contribution is -1.93. The van der Waals surface area contributed by atoms with Gasteiger partial charge in [0.05, 0.1) is 0 Å². The molecule has 1 aliphatic carbocycles. The molecule has 1 N–H and O–H groups in total. The number of benzene rings is 1. The van der Waals surface area contributed by atoms with Crippen LogP contribution >= 0.6 is 11.8 Å². The van der Waals surface area contributed by atoms with Gasteiger partial charge >= 0.3 is 0 Å². The standard InChI is InChI=1S/C14H17NS.C2H7N.C2H6/c1-2-8-15-9-7-11-10-13(5-6-14(11)15)16-12-3-4-12;1-3-2;1-2/h5-7,9-10,12H,2-4,8H2,1H3;3H,1-2H3;1-2H3. The van der Waals surface area contributed by atoms with E-state index in [1.807, 2.05) is 39.7 Å². The molecule has 0 unspecified atom stereocenters. The van der Waals surface area contributed by atoms with E-state index >= 15 is 0 Å². The van der Waals surface area contributed by atoms with E-state index in [0.29, 0.717) is 0 Å². The Balaban J connectivity index is 0.000000395. The minimum atomic E-state index is 0.898. The molecule has 0 aliphatic heterocycles. The first kappa shape index (κ1) is 18.1. The highest BCUT2D eigenvalue weighted by Gasteiger charge is 2.22. The van der Waals surface area contributed by atoms with Crippen molar-refractivity contribution in [3.8, 4) is 0 Å². The van der Waals surface area contributed by atoms with E-state index < -0.39 is 0 Å². The van der Waals surface area contributed by atoms with Crippen molar-refractivity contribution in [2.24, 2.45) is 0 Å². The second-order valence-electron chi connectivity index (χ2n) is 5.05. The molecule has 21 heavy (non-hydrogen) atoms. The van der Waals surface area contributed by atoms with Crippen LogP contribution in [0.1, 0.15) is 40.0 Å². The number of nitrogens with zero attached hydrogens (tertiary/aromatic N) is 1. The SMILES string of the molecule is CC.CCCn1ccc2cc(SC3CC3)ccc21.CNC. The van der Waals surface area contributed by atoms with E-state index in [1.54, 1.807) is 0 Å². The Kier molecular flexibility index (Phi) is 8.55. The number of rotatable bonds is 4. The molecule has 0 atom stereocenters. The fourth-order valence-corrected chi connectivity index (χ4v) is 3.16. The minimum absolute atomic E-state index is 0.898. The molecule has 1 saturated carbocycles. The predicted molar refractivity (Wildman–Crippen MR) is 97.4 cm³/mol. The van der Waals surface area contributed by atoms with Crippen LogP contribution in [0.4, 0.5) is 0 Å². The summed E-state index contributed by atoms with van der Waals surface area (Å²) in [5.41, 5.74) is 1.38. The lowest BCUT2D eigenvalue weighted by atomic mass is 10.2. The van der Waals surface area contributed by atoms with Crippen molar-refractivity contribution in [3.63, 3.8) is 0 Å². The van der Waals surface area contributed by atoms with E-state index in [9.17, 15) is 0 Å². The molecule has 1 aliphatic rings. The van der Waals surface area contributed by atoms with Gasteiger partial charge in [-0.2, -0.15) is 0 Å². The number of hydrogen-bond acceptors (Lipinski definition) is 2. The van der Waals surface area contributed by atoms with E-state index in [2.05, 4.69) is 47.3 Å². The molecule has 118 valence electrons. The maximum Gasteiger partial charge on any atom is 0.0481 e. The van der Waals surface area contributed by atoms with Gasteiger partial charge in [-0.05, 0) is 57.6 Å². The van der Waals surface area contributed by atoms with Crippen molar-refractivity contribution in [1.82, 2.24) is 9.88 Å². The third kappa shape index (κ3) is 5.76. The van der Waals surface area contributed by atoms with Crippen LogP contribution in [0.25, 0.3) is 10.9 Å². The normalized spacial score (nSPS) is 13.2. The third-order valence-corrected chi connectivity index (χ3v) is 4.36. The van der Waals surface area contributed by atoms with Crippen molar-refractivity contribution < 1.29 is 0 Å². The van der Waals surface area contributed by atoms with Crippen molar-refractivity contribution in [2.45, 2.75) is 56.7 Å². The Hall–Kier alpha value is -0.930. The van der Waals surface area contributed by atoms with Gasteiger partial charge in [-0.15, -0.1) is 11.8 Å². The summed E-state index contributed by atoms with van der Waals surface area (Å²) in [6.07, 6.45) is 6.21. The Bertz CT molecular complexity index is 515. The van der Waals surface area contributed by atoms with E-state index in [0.717, 1.165) is 11.8 Å². The van der Waals surface area contributed by atoms with Crippen LogP contribution in [-0.2, 0) is 6.54 Å². The summed E-state index contributed by atoms with van der Waals surface area (Å²) in [5.74, 6) is 0. The molecule has 0 bridgehead atoms. The van der Waals surface area contributed by atoms with Gasteiger partial charge in [0.1, 0.15) is 0 Å². The highest BCUT2D eigenvalue weighted by Crippen LogP contribution is 2.39. The summed E-state index contributed by atoms with van der Waals surface area (Å²) in [7, 11) is 3.75. The summed E-state index contributed by atoms with van der Waals surface area (Å²) in [6.45, 7) is 7.35. The maximum atomic E-state index is 2.75. The minimum Gasteiger partial charge on any atom is -0.347 e. The second-order valence-corrected chi connectivity index (χ2v) is 6.42. The average molecular weight is 307 g/mol. The zero-order valence-electron chi connectivity index (χ0n) is 14.1. The van der Waals surface area contributed by atoms with E-state index in [1.165, 1.54) is 35.1 Å². The zero-order chi connectivity index (χ0) is 15.7. The number of nitrogens with one attached hydrogen (secondary N) is 1. The summed E-state index contributed by atoms with van der Waals surface area (Å²) < 4.78 is 2.35. The van der Waals surface area contributed by atoms with Gasteiger partial charge in [0.15, 0.2) is 0 Å². The molecule has 0 amide bonds. The molecular weight excluding hydrogens is 276 g/mol. The molecule has 3 rings (SSSR count). The highest BCUT2D eigenvalue weighted by molar-refractivity contribution is 8.00. The van der Waals surface area contributed by atoms with Gasteiger partial charge < -0.3 is 9.88 Å². The van der Waals surface area contributed by atoms with Crippen molar-refractivity contribution in [3.05, 3.63) is 30.5 Å². The van der Waals surface area contributed by atoms with Gasteiger partial charge in [0, 0.05) is 33.8 Å². The van der Waals surface area contributed by atoms with Crippen LogP contribution < -0.4 is 5.32 Å². The topological polar surface area (TPSA) is 17.0 Å². The lowest BCUT2D eigenvalue weighted by molar-refractivity contribution is 0.703. The fourth-order valence-electron chi connectivity index (χ4n) is 2.07. The van der Waals surface area contributed by atoms with Gasteiger partial charge in [-0.25, -0.2) is 0 Å². The monoisotopic (exact) mass is 306 g/mol. The van der Waals surface area contributed by atoms with Crippen molar-refractivity contribution in [1.29, 1.82) is 0 Å². The highest BCUT2D eigenvalue weighted by atomic mass is 32.2. The largest absolute Gasteiger partial charge is 0.347 e. The van der Waals surface area contributed by atoms with Crippen molar-refractivity contribution in [2.75, 3.05) is 14.1 Å². The number of hydrogen-bond donors (Lipinski definition) is 1. The smallest absolute Gasteiger partial charge is 0.0481 e. The molecule has 2 aromatic rings. The number of aryl methyl sites for hydroxylation is 1. The Labute approximate surface area is 134 Å². The Morgan fingerprint density at radius 2 is 1.86 bits per heavy atom. The molecule has 1 aromatic carbocycles. The molecular formula is C18H30N2S. The number of thioether (sulfide) groups is 1. The summed E-state index contributed by atoms with van der Waals surface area (Å²) in [5, 5.41) is 5.04. The number of aromatic nitrogens is 1. The molecule has 2 nitrogen and oxygen atoms in total. The van der Waals surface area contributed by atoms with Gasteiger partial charge in [0.25, 0.3) is 0 Å². The Morgan fingerprint density at radius 3 is 2.43 bits per heavy atom. The molecule has 0 spiro atoms. The quantitative estimate of drug-likeness (QED) is 0.839. The van der Waals surface area contributed by atoms with Crippen LogP contribution in [0.3, 0.4) is 0 Å². The van der Waals surface area contributed by atoms with Gasteiger partial charge in [-0.3, -0.25) is 0 Å². The summed E-state index contributed by atoms with van der Waals surface area (Å²) in [4.78, 5) is 1.43. The third-order valence-electron chi connectivity index (χ3n) is 3.03. The van der Waals surface area contributed by atoms with E-state index in [-0.39, 0.29) is 0 Å². The lowest BCUT2D eigenvalue weighted by Gasteiger charge is -2.04. The molecule has 0 saturated heterocycles. The molecule has 3 heteroatoms. The maximum absolute atomic E-state index is 2.75. The average Bonchev–Trinajstić information content (AvgIpc) is 3.23. The molecule has 1 fully saturated rings. The first-order valence-corrected chi connectivity index (χ1v) is 9.00. The Morgan fingerprint density at radius 1 is 1.19 bits per heavy atom. The summed E-state index contributed by atoms with van der Waals surface area (Å²) in [6, 6.07) is 9.12. The van der Waals surface area contributed by atoms with Crippen LogP contribution in [0.2, 0.25) is 0 Å². The van der Waals surface area contributed by atoms with Crippen LogP contribution in [0.5, 0.6) is 0 Å². The molecule has 1 heterocycles. The van der Waals surface area contributed by atoms with E-state index in [4.69, 9.17) is 0 Å². The fraction of sp³-hybridized carbons (Fsp3) is 0.556. The zero-order valence-corrected chi connectivity index (χ0v) is 15.0. The molecule has 0 radical (unpaired) electrons. The van der Waals surface area contributed by atoms with Crippen LogP contribution in [-0.4, -0.2) is 23.9 Å². The molecule has 1 aromatic heterocycles. The first-order chi connectivity index (χ1) is 10.3. The van der Waals surface area contributed by atoms with Gasteiger partial charge in [0.2, 0.25) is 0 Å². The first-order valence-electron chi connectivity index (χ1n) is 8.12. The number of fused-ring (bicyclic) bond motifs is 1. The predicted octanol–water partition coefficient (Wildman–Crippen LogP) is 5.17. The van der Waals surface area contributed by atoms with Crippen molar-refractivity contribution >= 4 is 22.7 Å². The second kappa shape index (κ2) is 9.91. The van der Waals surface area contributed by atoms with Crippen LogP contribution in [0.15, 0.2) is 35.4 Å².